The maximum absolute atomic E-state index is 14.8. The quantitative estimate of drug-likeness (QED) is 0.223. The minimum absolute atomic E-state index is 0.0412. The Kier molecular flexibility index (Phi) is 9.33. The minimum Gasteiger partial charge on any atom is -0.445 e. The van der Waals surface area contributed by atoms with Crippen molar-refractivity contribution in [1.82, 2.24) is 15.2 Å². The van der Waals surface area contributed by atoms with Crippen LogP contribution in [0, 0.1) is 0 Å². The lowest BCUT2D eigenvalue weighted by molar-refractivity contribution is -0.129. The Labute approximate surface area is 285 Å². The van der Waals surface area contributed by atoms with Crippen LogP contribution in [-0.2, 0) is 30.4 Å². The van der Waals surface area contributed by atoms with Crippen molar-refractivity contribution >= 4 is 33.8 Å². The zero-order valence-electron chi connectivity index (χ0n) is 27.0. The van der Waals surface area contributed by atoms with E-state index in [0.717, 1.165) is 34.8 Å². The first-order chi connectivity index (χ1) is 23.6. The van der Waals surface area contributed by atoms with Crippen LogP contribution in [0.1, 0.15) is 49.3 Å². The Bertz CT molecular complexity index is 1690. The number of aromatic nitrogens is 1. The van der Waals surface area contributed by atoms with Gasteiger partial charge in [0.15, 0.2) is 0 Å². The number of rotatable bonds is 10. The highest BCUT2D eigenvalue weighted by Crippen LogP contribution is 3.02. The summed E-state index contributed by atoms with van der Waals surface area (Å²) in [5.41, 5.74) is 0.603. The van der Waals surface area contributed by atoms with E-state index in [4.69, 9.17) is 14.2 Å². The van der Waals surface area contributed by atoms with Crippen molar-refractivity contribution in [2.45, 2.75) is 80.0 Å². The lowest BCUT2D eigenvalue weighted by atomic mass is 10.00. The third kappa shape index (κ3) is 8.02. The summed E-state index contributed by atoms with van der Waals surface area (Å²) in [6.45, 7) is -0.172. The van der Waals surface area contributed by atoms with E-state index in [2.05, 4.69) is 10.3 Å². The highest BCUT2D eigenvalue weighted by atomic mass is 32.5. The number of hydrogen-bond donors (Lipinski definition) is 1. The monoisotopic (exact) mass is 724 g/mol. The fourth-order valence-electron chi connectivity index (χ4n) is 6.85. The highest BCUT2D eigenvalue weighted by molar-refractivity contribution is 8.45. The second-order valence-electron chi connectivity index (χ2n) is 12.8. The first-order valence-electron chi connectivity index (χ1n) is 16.1. The molecule has 3 unspecified atom stereocenters. The van der Waals surface area contributed by atoms with Crippen LogP contribution in [-0.4, -0.2) is 71.8 Å². The van der Waals surface area contributed by atoms with Crippen LogP contribution in [0.5, 0.6) is 0 Å². The number of ether oxygens (including phenoxy) is 3. The van der Waals surface area contributed by atoms with Crippen molar-refractivity contribution in [1.29, 1.82) is 0 Å². The summed E-state index contributed by atoms with van der Waals surface area (Å²) in [4.78, 5) is 46.6. The lowest BCUT2D eigenvalue weighted by Crippen LogP contribution is -2.53. The van der Waals surface area contributed by atoms with Gasteiger partial charge >= 0.3 is 16.3 Å². The van der Waals surface area contributed by atoms with Crippen LogP contribution in [0.15, 0.2) is 84.0 Å². The van der Waals surface area contributed by atoms with Gasteiger partial charge in [-0.3, -0.25) is 24.4 Å². The van der Waals surface area contributed by atoms with Crippen LogP contribution in [0.3, 0.4) is 0 Å². The highest BCUT2D eigenvalue weighted by Gasteiger charge is 2.65. The number of nitrogens with one attached hydrogen (secondary N) is 1. The van der Waals surface area contributed by atoms with Gasteiger partial charge in [0, 0.05) is 43.2 Å². The van der Waals surface area contributed by atoms with E-state index in [1.165, 1.54) is 31.6 Å². The van der Waals surface area contributed by atoms with Crippen LogP contribution in [0.4, 0.5) is 29.9 Å². The SMILES string of the molecule is CO[C@@H]1C[C@H](C(=O)N(c2ccc(S(F)(F)(F)(F)F)cc2)C(C(=O)NC2CC3CCC(C2)O3)c2cccnc2)N(C(=O)OCc2ccccc2)C1. The molecule has 2 bridgehead atoms. The number of fused-ring (bicyclic) bond motifs is 2. The van der Waals surface area contributed by atoms with E-state index < -0.39 is 51.2 Å². The summed E-state index contributed by atoms with van der Waals surface area (Å²) >= 11 is 0. The maximum Gasteiger partial charge on any atom is 0.410 e. The Morgan fingerprint density at radius 2 is 1.64 bits per heavy atom. The van der Waals surface area contributed by atoms with Crippen molar-refractivity contribution in [3.63, 3.8) is 0 Å². The molecule has 270 valence electrons. The number of likely N-dealkylation sites (tertiary alicyclic amines) is 1. The summed E-state index contributed by atoms with van der Waals surface area (Å²) in [6.07, 6.45) is 3.87. The zero-order chi connectivity index (χ0) is 35.7. The number of halogens is 5. The molecule has 4 heterocycles. The fraction of sp³-hybridized carbons (Fsp3) is 0.412. The molecule has 1 aromatic heterocycles. The Balaban J connectivity index is 1.38. The third-order valence-electron chi connectivity index (χ3n) is 9.26. The molecule has 16 heteroatoms. The Morgan fingerprint density at radius 3 is 2.24 bits per heavy atom. The Hall–Kier alpha value is -4.28. The third-order valence-corrected chi connectivity index (χ3v) is 10.4. The van der Waals surface area contributed by atoms with Crippen LogP contribution >= 0.6 is 10.2 Å². The molecule has 50 heavy (non-hydrogen) atoms. The van der Waals surface area contributed by atoms with Crippen molar-refractivity contribution in [3.05, 3.63) is 90.3 Å². The number of nitrogens with zero attached hydrogens (tertiary/aromatic N) is 3. The van der Waals surface area contributed by atoms with Crippen molar-refractivity contribution in [2.75, 3.05) is 18.6 Å². The summed E-state index contributed by atoms with van der Waals surface area (Å²) < 4.78 is 85.6. The van der Waals surface area contributed by atoms with Gasteiger partial charge in [0.05, 0.1) is 24.9 Å². The molecule has 5 atom stereocenters. The number of anilines is 1. The molecule has 0 saturated carbocycles. The van der Waals surface area contributed by atoms with E-state index in [1.807, 2.05) is 0 Å². The zero-order valence-corrected chi connectivity index (χ0v) is 27.8. The lowest BCUT2D eigenvalue weighted by Gasteiger charge is -2.41. The van der Waals surface area contributed by atoms with E-state index in [1.54, 1.807) is 30.3 Å². The van der Waals surface area contributed by atoms with E-state index in [0.29, 0.717) is 18.4 Å². The van der Waals surface area contributed by atoms with Gasteiger partial charge in [0.1, 0.15) is 23.6 Å². The molecule has 3 aromatic rings. The molecule has 0 aliphatic carbocycles. The summed E-state index contributed by atoms with van der Waals surface area (Å²) in [6, 6.07) is 10.5. The molecule has 1 N–H and O–H groups in total. The van der Waals surface area contributed by atoms with E-state index >= 15 is 0 Å². The number of amides is 3. The van der Waals surface area contributed by atoms with Gasteiger partial charge in [0.2, 0.25) is 5.91 Å². The molecular weight excluding hydrogens is 687 g/mol. The number of pyridine rings is 1. The molecule has 0 radical (unpaired) electrons. The van der Waals surface area contributed by atoms with E-state index in [9.17, 15) is 33.8 Å². The number of carbonyl (C=O) groups excluding carboxylic acids is 3. The molecule has 10 nitrogen and oxygen atoms in total. The Morgan fingerprint density at radius 1 is 0.960 bits per heavy atom. The van der Waals surface area contributed by atoms with Crippen molar-refractivity contribution < 1.29 is 48.0 Å². The molecule has 3 saturated heterocycles. The molecule has 3 fully saturated rings. The molecule has 3 aliphatic heterocycles. The number of carbonyl (C=O) groups is 3. The van der Waals surface area contributed by atoms with Gasteiger partial charge in [-0.2, -0.15) is 0 Å². The van der Waals surface area contributed by atoms with Gasteiger partial charge in [-0.05, 0) is 61.6 Å². The average Bonchev–Trinajstić information content (AvgIpc) is 3.68. The first-order valence-corrected chi connectivity index (χ1v) is 18.1. The normalized spacial score (nSPS) is 25.2. The molecular formula is C34H37F5N4O6S. The molecule has 3 amide bonds. The van der Waals surface area contributed by atoms with Crippen LogP contribution in [0.25, 0.3) is 0 Å². The number of benzene rings is 2. The number of methoxy groups -OCH3 is 1. The van der Waals surface area contributed by atoms with Gasteiger partial charge in [-0.15, -0.1) is 0 Å². The maximum atomic E-state index is 14.8. The largest absolute Gasteiger partial charge is 0.445 e. The first kappa shape index (κ1) is 35.5. The summed E-state index contributed by atoms with van der Waals surface area (Å²) in [7, 11) is -8.69. The second-order valence-corrected chi connectivity index (χ2v) is 15.2. The van der Waals surface area contributed by atoms with Crippen LogP contribution in [0.2, 0.25) is 0 Å². The molecule has 2 aromatic carbocycles. The predicted molar refractivity (Wildman–Crippen MR) is 174 cm³/mol. The van der Waals surface area contributed by atoms with E-state index in [-0.39, 0.29) is 61.2 Å². The minimum atomic E-state index is -10.1. The predicted octanol–water partition coefficient (Wildman–Crippen LogP) is 7.07. The summed E-state index contributed by atoms with van der Waals surface area (Å²) in [5.74, 6) is -1.54. The second kappa shape index (κ2) is 13.1. The van der Waals surface area contributed by atoms with Gasteiger partial charge in [0.25, 0.3) is 5.91 Å². The molecule has 3 aliphatic rings. The smallest absolute Gasteiger partial charge is 0.410 e. The van der Waals surface area contributed by atoms with Crippen LogP contribution < -0.4 is 10.2 Å². The molecule has 6 rings (SSSR count). The van der Waals surface area contributed by atoms with Crippen molar-refractivity contribution in [3.8, 4) is 0 Å². The number of hydrogen-bond acceptors (Lipinski definition) is 7. The van der Waals surface area contributed by atoms with Gasteiger partial charge < -0.3 is 19.5 Å². The standard InChI is InChI=1S/C34H37F5N4O6S/c1-47-28-18-30(42(20-28)34(46)48-21-22-6-3-2-4-7-22)33(45)43(25-9-13-29(14-10-25)50(35,36,37,38)39)31(23-8-5-15-40-19-23)32(44)41-24-16-26-11-12-27(17-24)49-26/h2-10,13-15,19,24,26-28,30-31H,11-12,16-18,20-21H2,1H3,(H,41,44)/t24?,26?,27?,28-,30-,31?/m1/s1. The van der Waals surface area contributed by atoms with Gasteiger partial charge in [-0.25, -0.2) is 4.79 Å². The fourth-order valence-corrected chi connectivity index (χ4v) is 7.50. The topological polar surface area (TPSA) is 110 Å². The summed E-state index contributed by atoms with van der Waals surface area (Å²) in [5, 5.41) is 2.99. The molecule has 0 spiro atoms. The van der Waals surface area contributed by atoms with Crippen molar-refractivity contribution in [2.24, 2.45) is 0 Å². The average molecular weight is 725 g/mol. The van der Waals surface area contributed by atoms with Gasteiger partial charge in [-0.1, -0.05) is 55.8 Å².